The van der Waals surface area contributed by atoms with Crippen LogP contribution < -0.4 is 10.6 Å². The highest BCUT2D eigenvalue weighted by atomic mass is 16.3. The number of aromatic nitrogens is 1. The molecule has 2 rings (SSSR count). The molecule has 5 nitrogen and oxygen atoms in total. The van der Waals surface area contributed by atoms with Crippen molar-refractivity contribution in [3.05, 3.63) is 24.0 Å². The van der Waals surface area contributed by atoms with Crippen molar-refractivity contribution in [3.8, 4) is 0 Å². The lowest BCUT2D eigenvalue weighted by Gasteiger charge is -2.37. The molecule has 2 unspecified atom stereocenters. The first kappa shape index (κ1) is 12.8. The van der Waals surface area contributed by atoms with Gasteiger partial charge in [0, 0.05) is 13.2 Å². The van der Waals surface area contributed by atoms with Gasteiger partial charge in [0.25, 0.3) is 0 Å². The predicted octanol–water partition coefficient (Wildman–Crippen LogP) is 1.11. The normalized spacial score (nSPS) is 23.7. The summed E-state index contributed by atoms with van der Waals surface area (Å²) in [6, 6.07) is 3.81. The molecule has 1 aliphatic rings. The van der Waals surface area contributed by atoms with Crippen LogP contribution in [0.15, 0.2) is 18.3 Å². The maximum absolute atomic E-state index is 10.1. The standard InChI is InChI=1S/C13H20N4O/c1-17(9-5-2-3-7-11(9)18)10-6-4-8-16-12(10)13(14)15/h4,6,8-9,11,18H,2-3,5,7H2,1H3,(H3,14,15). The molecule has 2 atom stereocenters. The average Bonchev–Trinajstić information content (AvgIpc) is 2.38. The van der Waals surface area contributed by atoms with Crippen molar-refractivity contribution < 1.29 is 5.11 Å². The number of nitrogens with one attached hydrogen (secondary N) is 1. The van der Waals surface area contributed by atoms with E-state index in [0.29, 0.717) is 5.69 Å². The van der Waals surface area contributed by atoms with E-state index in [2.05, 4.69) is 4.98 Å². The zero-order chi connectivity index (χ0) is 13.1. The number of likely N-dealkylation sites (N-methyl/N-ethyl adjacent to an activating group) is 1. The molecule has 1 fully saturated rings. The summed E-state index contributed by atoms with van der Waals surface area (Å²) in [5.74, 6) is -0.0391. The second-order valence-corrected chi connectivity index (χ2v) is 4.81. The van der Waals surface area contributed by atoms with Gasteiger partial charge < -0.3 is 15.7 Å². The van der Waals surface area contributed by atoms with Gasteiger partial charge in [0.2, 0.25) is 0 Å². The van der Waals surface area contributed by atoms with Crippen LogP contribution in [0.2, 0.25) is 0 Å². The van der Waals surface area contributed by atoms with Gasteiger partial charge in [-0.15, -0.1) is 0 Å². The number of nitrogen functional groups attached to an aromatic ring is 1. The molecule has 4 N–H and O–H groups in total. The van der Waals surface area contributed by atoms with Gasteiger partial charge in [-0.3, -0.25) is 10.4 Å². The molecule has 1 saturated carbocycles. The Kier molecular flexibility index (Phi) is 3.81. The lowest BCUT2D eigenvalue weighted by molar-refractivity contribution is 0.106. The number of nitrogens with zero attached hydrogens (tertiary/aromatic N) is 2. The Hall–Kier alpha value is -1.62. The number of hydrogen-bond acceptors (Lipinski definition) is 4. The fourth-order valence-electron chi connectivity index (χ4n) is 2.61. The third-order valence-corrected chi connectivity index (χ3v) is 3.61. The van der Waals surface area contributed by atoms with Crippen molar-refractivity contribution in [3.63, 3.8) is 0 Å². The number of hydrogen-bond donors (Lipinski definition) is 3. The number of aliphatic hydroxyl groups excluding tert-OH is 1. The fourth-order valence-corrected chi connectivity index (χ4v) is 2.61. The third-order valence-electron chi connectivity index (χ3n) is 3.61. The predicted molar refractivity (Wildman–Crippen MR) is 71.9 cm³/mol. The van der Waals surface area contributed by atoms with Crippen LogP contribution >= 0.6 is 0 Å². The molecule has 0 aromatic carbocycles. The highest BCUT2D eigenvalue weighted by Gasteiger charge is 2.28. The summed E-state index contributed by atoms with van der Waals surface area (Å²) in [5, 5.41) is 17.6. The van der Waals surface area contributed by atoms with Gasteiger partial charge >= 0.3 is 0 Å². The Balaban J connectivity index is 2.27. The molecule has 0 amide bonds. The van der Waals surface area contributed by atoms with Gasteiger partial charge in [-0.1, -0.05) is 12.8 Å². The van der Waals surface area contributed by atoms with Gasteiger partial charge in [-0.25, -0.2) is 0 Å². The molecule has 0 bridgehead atoms. The molecule has 0 aliphatic heterocycles. The van der Waals surface area contributed by atoms with E-state index in [9.17, 15) is 5.11 Å². The van der Waals surface area contributed by atoms with E-state index in [0.717, 1.165) is 31.4 Å². The van der Waals surface area contributed by atoms with Crippen LogP contribution in [0.4, 0.5) is 5.69 Å². The molecule has 18 heavy (non-hydrogen) atoms. The van der Waals surface area contributed by atoms with Crippen molar-refractivity contribution in [1.82, 2.24) is 4.98 Å². The monoisotopic (exact) mass is 248 g/mol. The summed E-state index contributed by atoms with van der Waals surface area (Å²) in [5.41, 5.74) is 6.85. The van der Waals surface area contributed by atoms with Crippen molar-refractivity contribution in [2.24, 2.45) is 5.73 Å². The van der Waals surface area contributed by atoms with Crippen molar-refractivity contribution >= 4 is 11.5 Å². The van der Waals surface area contributed by atoms with Crippen LogP contribution in [0.3, 0.4) is 0 Å². The first-order valence-corrected chi connectivity index (χ1v) is 6.31. The zero-order valence-electron chi connectivity index (χ0n) is 10.6. The highest BCUT2D eigenvalue weighted by molar-refractivity contribution is 5.98. The molecule has 1 aromatic rings. The first-order chi connectivity index (χ1) is 8.61. The first-order valence-electron chi connectivity index (χ1n) is 6.31. The number of nitrogens with two attached hydrogens (primary N) is 1. The molecule has 1 aliphatic carbocycles. The number of pyridine rings is 1. The lowest BCUT2D eigenvalue weighted by atomic mass is 9.91. The van der Waals surface area contributed by atoms with Crippen LogP contribution in [-0.2, 0) is 0 Å². The number of aliphatic hydroxyl groups is 1. The largest absolute Gasteiger partial charge is 0.391 e. The fraction of sp³-hybridized carbons (Fsp3) is 0.538. The van der Waals surface area contributed by atoms with Gasteiger partial charge in [-0.05, 0) is 25.0 Å². The molecular weight excluding hydrogens is 228 g/mol. The molecule has 5 heteroatoms. The maximum Gasteiger partial charge on any atom is 0.143 e. The smallest absolute Gasteiger partial charge is 0.143 e. The van der Waals surface area contributed by atoms with Crippen LogP contribution in [-0.4, -0.2) is 35.1 Å². The number of anilines is 1. The maximum atomic E-state index is 10.1. The van der Waals surface area contributed by atoms with Gasteiger partial charge in [0.05, 0.1) is 17.8 Å². The SMILES string of the molecule is CN(c1cccnc1C(=N)N)C1CCCCC1O. The van der Waals surface area contributed by atoms with Gasteiger partial charge in [-0.2, -0.15) is 0 Å². The second kappa shape index (κ2) is 5.35. The van der Waals surface area contributed by atoms with Crippen molar-refractivity contribution in [2.75, 3.05) is 11.9 Å². The Morgan fingerprint density at radius 1 is 1.50 bits per heavy atom. The minimum Gasteiger partial charge on any atom is -0.391 e. The Morgan fingerprint density at radius 2 is 2.22 bits per heavy atom. The summed E-state index contributed by atoms with van der Waals surface area (Å²) >= 11 is 0. The van der Waals surface area contributed by atoms with E-state index in [1.165, 1.54) is 0 Å². The van der Waals surface area contributed by atoms with Crippen LogP contribution in [0.1, 0.15) is 31.4 Å². The topological polar surface area (TPSA) is 86.2 Å². The number of rotatable bonds is 3. The van der Waals surface area contributed by atoms with E-state index in [-0.39, 0.29) is 18.0 Å². The van der Waals surface area contributed by atoms with Crippen LogP contribution in [0, 0.1) is 5.41 Å². The highest BCUT2D eigenvalue weighted by Crippen LogP contribution is 2.27. The molecule has 0 spiro atoms. The summed E-state index contributed by atoms with van der Waals surface area (Å²) < 4.78 is 0. The molecular formula is C13H20N4O. The van der Waals surface area contributed by atoms with Crippen LogP contribution in [0.5, 0.6) is 0 Å². The Morgan fingerprint density at radius 3 is 2.89 bits per heavy atom. The van der Waals surface area contributed by atoms with Gasteiger partial charge in [0.1, 0.15) is 11.5 Å². The molecule has 0 saturated heterocycles. The summed E-state index contributed by atoms with van der Waals surface area (Å²) in [6.45, 7) is 0. The lowest BCUT2D eigenvalue weighted by Crippen LogP contribution is -2.44. The quantitative estimate of drug-likeness (QED) is 0.552. The third kappa shape index (κ3) is 2.46. The van der Waals surface area contributed by atoms with E-state index in [1.54, 1.807) is 6.20 Å². The van der Waals surface area contributed by atoms with E-state index < -0.39 is 0 Å². The van der Waals surface area contributed by atoms with Crippen LogP contribution in [0.25, 0.3) is 0 Å². The molecule has 0 radical (unpaired) electrons. The van der Waals surface area contributed by atoms with E-state index >= 15 is 0 Å². The summed E-state index contributed by atoms with van der Waals surface area (Å²) in [7, 11) is 1.93. The molecule has 98 valence electrons. The second-order valence-electron chi connectivity index (χ2n) is 4.81. The van der Waals surface area contributed by atoms with Crippen molar-refractivity contribution in [2.45, 2.75) is 37.8 Å². The van der Waals surface area contributed by atoms with Gasteiger partial charge in [0.15, 0.2) is 0 Å². The van der Waals surface area contributed by atoms with E-state index in [1.807, 2.05) is 24.1 Å². The van der Waals surface area contributed by atoms with Crippen molar-refractivity contribution in [1.29, 1.82) is 5.41 Å². The minimum absolute atomic E-state index is 0.0391. The summed E-state index contributed by atoms with van der Waals surface area (Å²) in [4.78, 5) is 6.15. The molecule has 1 aromatic heterocycles. The molecule has 1 heterocycles. The summed E-state index contributed by atoms with van der Waals surface area (Å²) in [6.07, 6.45) is 5.32. The Labute approximate surface area is 107 Å². The van der Waals surface area contributed by atoms with E-state index in [4.69, 9.17) is 11.1 Å². The zero-order valence-corrected chi connectivity index (χ0v) is 10.6. The minimum atomic E-state index is -0.316. The Bertz CT molecular complexity index is 435. The average molecular weight is 248 g/mol. The number of amidine groups is 1.